The molecule has 4 aliphatic carbocycles. The van der Waals surface area contributed by atoms with E-state index in [0.717, 1.165) is 49.7 Å². The molecule has 0 aromatic heterocycles. The van der Waals surface area contributed by atoms with Crippen molar-refractivity contribution in [3.8, 4) is 0 Å². The highest BCUT2D eigenvalue weighted by molar-refractivity contribution is 5.81. The maximum atomic E-state index is 12.6. The van der Waals surface area contributed by atoms with E-state index >= 15 is 0 Å². The van der Waals surface area contributed by atoms with Gasteiger partial charge in [-0.3, -0.25) is 4.79 Å². The number of allylic oxidation sites excluding steroid dienone is 4. The fourth-order valence-electron chi connectivity index (χ4n) is 7.59. The second-order valence-corrected chi connectivity index (χ2v) is 13.0. The second-order valence-electron chi connectivity index (χ2n) is 13.0. The maximum Gasteiger partial charge on any atom is 0.315 e. The molecule has 4 rings (SSSR count). The van der Waals surface area contributed by atoms with Crippen LogP contribution in [0.2, 0.25) is 0 Å². The van der Waals surface area contributed by atoms with Crippen molar-refractivity contribution in [1.82, 2.24) is 0 Å². The number of rotatable bonds is 9. The predicted molar refractivity (Wildman–Crippen MR) is 151 cm³/mol. The number of aliphatic hydroxyl groups excluding tert-OH is 3. The van der Waals surface area contributed by atoms with E-state index in [1.807, 2.05) is 13.0 Å². The van der Waals surface area contributed by atoms with Gasteiger partial charge in [-0.15, -0.1) is 0 Å². The Morgan fingerprint density at radius 1 is 1.18 bits per heavy atom. The fraction of sp³-hybridized carbons (Fsp3) is 0.727. The molecule has 0 heterocycles. The molecule has 0 unspecified atom stereocenters. The molecule has 0 aromatic rings. The third-order valence-electron chi connectivity index (χ3n) is 10.6. The molecule has 8 atom stereocenters. The first-order valence-corrected chi connectivity index (χ1v) is 15.0. The van der Waals surface area contributed by atoms with E-state index in [1.54, 1.807) is 0 Å². The van der Waals surface area contributed by atoms with Crippen LogP contribution in [0.15, 0.2) is 47.6 Å². The van der Waals surface area contributed by atoms with Crippen LogP contribution in [-0.2, 0) is 9.53 Å². The summed E-state index contributed by atoms with van der Waals surface area (Å²) >= 11 is 0. The van der Waals surface area contributed by atoms with E-state index in [2.05, 4.69) is 45.6 Å². The minimum Gasteiger partial charge on any atom is -0.465 e. The van der Waals surface area contributed by atoms with E-state index in [4.69, 9.17) is 4.74 Å². The Morgan fingerprint density at radius 2 is 1.92 bits per heavy atom. The number of hydrogen-bond acceptors (Lipinski definition) is 5. The summed E-state index contributed by atoms with van der Waals surface area (Å²) < 4.78 is 5.45. The molecule has 4 saturated carbocycles. The molecule has 0 bridgehead atoms. The number of unbranched alkanes of at least 4 members (excludes halogenated alkanes) is 1. The number of aliphatic hydroxyl groups is 3. The molecule has 3 N–H and O–H groups in total. The van der Waals surface area contributed by atoms with Crippen molar-refractivity contribution in [2.24, 2.45) is 34.5 Å². The Labute approximate surface area is 229 Å². The Hall–Kier alpha value is -1.69. The lowest BCUT2D eigenvalue weighted by molar-refractivity contribution is -0.153. The lowest BCUT2D eigenvalue weighted by atomic mass is 9.61. The van der Waals surface area contributed by atoms with Crippen molar-refractivity contribution in [3.63, 3.8) is 0 Å². The summed E-state index contributed by atoms with van der Waals surface area (Å²) in [5, 5.41) is 31.8. The van der Waals surface area contributed by atoms with Gasteiger partial charge in [-0.2, -0.15) is 0 Å². The molecule has 4 fully saturated rings. The Bertz CT molecular complexity index is 972. The molecule has 0 amide bonds. The van der Waals surface area contributed by atoms with Crippen LogP contribution in [-0.4, -0.2) is 46.2 Å². The van der Waals surface area contributed by atoms with Gasteiger partial charge in [0.2, 0.25) is 0 Å². The average molecular weight is 527 g/mol. The highest BCUT2D eigenvalue weighted by Crippen LogP contribution is 2.59. The van der Waals surface area contributed by atoms with Gasteiger partial charge in [0.25, 0.3) is 0 Å². The van der Waals surface area contributed by atoms with Crippen LogP contribution in [0.1, 0.15) is 91.9 Å². The minimum absolute atomic E-state index is 0.185. The summed E-state index contributed by atoms with van der Waals surface area (Å²) in [4.78, 5) is 12.6. The van der Waals surface area contributed by atoms with Gasteiger partial charge in [0, 0.05) is 5.92 Å². The summed E-state index contributed by atoms with van der Waals surface area (Å²) in [7, 11) is 0. The number of esters is 1. The smallest absolute Gasteiger partial charge is 0.315 e. The van der Waals surface area contributed by atoms with Crippen molar-refractivity contribution in [1.29, 1.82) is 0 Å². The standard InChI is InChI=1S/C33H50O5/c1-6-7-19-38-31(37)33(17-18-33)29(35)15-10-21(2)26-13-14-27-24(9-8-16-32(26,27)5)11-12-25-20-28(34)23(4)30(36)22(25)3/h10-12,15,21,23,26-30,34-36H,3,6-9,13-14,16-20H2,1-2,4-5H3/b15-10+,24-11+,25-12-/t21-,23+,26-,27+,28+,29-,30-,32-/m1/s1. The lowest BCUT2D eigenvalue weighted by Gasteiger charge is -2.44. The van der Waals surface area contributed by atoms with E-state index in [9.17, 15) is 20.1 Å². The van der Waals surface area contributed by atoms with Crippen molar-refractivity contribution in [2.75, 3.05) is 6.61 Å². The number of carbonyl (C=O) groups excluding carboxylic acids is 1. The summed E-state index contributed by atoms with van der Waals surface area (Å²) in [5.74, 6) is 0.931. The summed E-state index contributed by atoms with van der Waals surface area (Å²) in [5.41, 5.74) is 2.65. The van der Waals surface area contributed by atoms with E-state index in [0.29, 0.717) is 43.6 Å². The van der Waals surface area contributed by atoms with Crippen molar-refractivity contribution in [2.45, 2.75) is 110 Å². The highest BCUT2D eigenvalue weighted by Gasteiger charge is 2.56. The molecule has 5 heteroatoms. The van der Waals surface area contributed by atoms with Crippen LogP contribution in [0.5, 0.6) is 0 Å². The Balaban J connectivity index is 1.42. The predicted octanol–water partition coefficient (Wildman–Crippen LogP) is 6.05. The van der Waals surface area contributed by atoms with E-state index in [-0.39, 0.29) is 17.3 Å². The monoisotopic (exact) mass is 526 g/mol. The maximum absolute atomic E-state index is 12.6. The van der Waals surface area contributed by atoms with Crippen LogP contribution in [0.4, 0.5) is 0 Å². The lowest BCUT2D eigenvalue weighted by Crippen LogP contribution is -2.36. The van der Waals surface area contributed by atoms with Gasteiger partial charge in [-0.1, -0.05) is 70.6 Å². The normalized spacial score (nSPS) is 38.4. The van der Waals surface area contributed by atoms with Crippen LogP contribution in [0.25, 0.3) is 0 Å². The van der Waals surface area contributed by atoms with Crippen molar-refractivity contribution in [3.05, 3.63) is 47.6 Å². The first-order chi connectivity index (χ1) is 18.0. The third kappa shape index (κ3) is 5.62. The molecule has 5 nitrogen and oxygen atoms in total. The molecule has 0 saturated heterocycles. The SMILES string of the molecule is C=C1/C(=C\C=C2/CCC[C@]3(C)[C@@H]([C@H](C)/C=C/[C@@H](O)C4(C(=O)OCCCC)CC4)CC[C@@H]23)C[C@H](O)[C@H](C)[C@@H]1O. The molecule has 212 valence electrons. The van der Waals surface area contributed by atoms with Gasteiger partial charge in [-0.25, -0.2) is 0 Å². The molecule has 0 aliphatic heterocycles. The van der Waals surface area contributed by atoms with Gasteiger partial charge < -0.3 is 20.1 Å². The van der Waals surface area contributed by atoms with Crippen LogP contribution < -0.4 is 0 Å². The quantitative estimate of drug-likeness (QED) is 0.193. The summed E-state index contributed by atoms with van der Waals surface area (Å²) in [6.45, 7) is 13.2. The largest absolute Gasteiger partial charge is 0.465 e. The molecular weight excluding hydrogens is 476 g/mol. The number of ether oxygens (including phenoxy) is 1. The Kier molecular flexibility index (Phi) is 9.11. The van der Waals surface area contributed by atoms with Gasteiger partial charge >= 0.3 is 5.97 Å². The van der Waals surface area contributed by atoms with Gasteiger partial charge in [0.1, 0.15) is 0 Å². The first-order valence-electron chi connectivity index (χ1n) is 15.0. The van der Waals surface area contributed by atoms with E-state index < -0.39 is 23.7 Å². The van der Waals surface area contributed by atoms with Crippen LogP contribution in [0.3, 0.4) is 0 Å². The summed E-state index contributed by atoms with van der Waals surface area (Å²) in [6.07, 6.45) is 15.9. The van der Waals surface area contributed by atoms with E-state index in [1.165, 1.54) is 12.0 Å². The molecule has 0 spiro atoms. The molecule has 4 aliphatic rings. The van der Waals surface area contributed by atoms with Gasteiger partial charge in [0.05, 0.1) is 30.3 Å². The third-order valence-corrected chi connectivity index (χ3v) is 10.6. The van der Waals surface area contributed by atoms with Gasteiger partial charge in [0.15, 0.2) is 0 Å². The zero-order valence-electron chi connectivity index (χ0n) is 24.0. The minimum atomic E-state index is -0.783. The van der Waals surface area contributed by atoms with Crippen molar-refractivity contribution >= 4 is 5.97 Å². The molecule has 0 aromatic carbocycles. The molecular formula is C33H50O5. The molecule has 0 radical (unpaired) electrons. The van der Waals surface area contributed by atoms with Crippen LogP contribution in [0, 0.1) is 34.5 Å². The number of hydrogen-bond donors (Lipinski definition) is 3. The zero-order valence-corrected chi connectivity index (χ0v) is 24.0. The zero-order chi connectivity index (χ0) is 27.7. The fourth-order valence-corrected chi connectivity index (χ4v) is 7.59. The van der Waals surface area contributed by atoms with Gasteiger partial charge in [-0.05, 0) is 92.1 Å². The van der Waals surface area contributed by atoms with Crippen LogP contribution >= 0.6 is 0 Å². The Morgan fingerprint density at radius 3 is 2.61 bits per heavy atom. The first kappa shape index (κ1) is 29.3. The number of fused-ring (bicyclic) bond motifs is 1. The second kappa shape index (κ2) is 11.8. The average Bonchev–Trinajstić information content (AvgIpc) is 3.63. The number of carbonyl (C=O) groups is 1. The summed E-state index contributed by atoms with van der Waals surface area (Å²) in [6, 6.07) is 0. The topological polar surface area (TPSA) is 87.0 Å². The highest BCUT2D eigenvalue weighted by atomic mass is 16.5. The molecule has 38 heavy (non-hydrogen) atoms. The van der Waals surface area contributed by atoms with Crippen molar-refractivity contribution < 1.29 is 24.9 Å².